The topological polar surface area (TPSA) is 46.2 Å². The van der Waals surface area contributed by atoms with Gasteiger partial charge in [0.05, 0.1) is 4.34 Å². The molecule has 0 aliphatic rings. The first-order valence-electron chi connectivity index (χ1n) is 5.31. The highest BCUT2D eigenvalue weighted by atomic mass is 35.5. The molecule has 0 bridgehead atoms. The number of nitrogens with one attached hydrogen (secondary N) is 1. The van der Waals surface area contributed by atoms with Gasteiger partial charge < -0.3 is 0 Å². The fraction of sp³-hybridized carbons (Fsp3) is 0.600. The van der Waals surface area contributed by atoms with E-state index >= 15 is 0 Å². The Hall–Kier alpha value is -0.100. The maximum absolute atomic E-state index is 11.7. The van der Waals surface area contributed by atoms with E-state index in [0.29, 0.717) is 10.9 Å². The summed E-state index contributed by atoms with van der Waals surface area (Å²) in [6.45, 7) is 2.62. The Morgan fingerprint density at radius 1 is 1.31 bits per heavy atom. The minimum atomic E-state index is -3.34. The summed E-state index contributed by atoms with van der Waals surface area (Å²) in [5.41, 5.74) is 0. The van der Waals surface area contributed by atoms with Crippen LogP contribution >= 0.6 is 22.9 Å². The Morgan fingerprint density at radius 2 is 2.06 bits per heavy atom. The van der Waals surface area contributed by atoms with E-state index in [9.17, 15) is 8.42 Å². The van der Waals surface area contributed by atoms with Crippen LogP contribution in [0.5, 0.6) is 0 Å². The van der Waals surface area contributed by atoms with E-state index in [1.165, 1.54) is 6.07 Å². The van der Waals surface area contributed by atoms with Gasteiger partial charge in [0, 0.05) is 6.54 Å². The lowest BCUT2D eigenvalue weighted by molar-refractivity contribution is 0.575. The van der Waals surface area contributed by atoms with Crippen LogP contribution in [0.2, 0.25) is 4.34 Å². The molecule has 0 radical (unpaired) electrons. The van der Waals surface area contributed by atoms with Gasteiger partial charge in [-0.15, -0.1) is 11.3 Å². The molecule has 16 heavy (non-hydrogen) atoms. The maximum Gasteiger partial charge on any atom is 0.250 e. The molecular weight excluding hydrogens is 266 g/mol. The number of unbranched alkanes of at least 4 members (excludes halogenated alkanes) is 3. The van der Waals surface area contributed by atoms with E-state index in [-0.39, 0.29) is 4.21 Å². The maximum atomic E-state index is 11.7. The molecule has 0 aliphatic heterocycles. The van der Waals surface area contributed by atoms with Gasteiger partial charge in [0.2, 0.25) is 10.0 Å². The number of hydrogen-bond donors (Lipinski definition) is 1. The smallest absolute Gasteiger partial charge is 0.210 e. The Labute approximate surface area is 106 Å². The van der Waals surface area contributed by atoms with E-state index < -0.39 is 10.0 Å². The van der Waals surface area contributed by atoms with Gasteiger partial charge >= 0.3 is 0 Å². The second-order valence-corrected chi connectivity index (χ2v) is 7.23. The summed E-state index contributed by atoms with van der Waals surface area (Å²) >= 11 is 6.77. The van der Waals surface area contributed by atoms with E-state index in [4.69, 9.17) is 11.6 Å². The van der Waals surface area contributed by atoms with E-state index in [1.807, 2.05) is 0 Å². The average molecular weight is 282 g/mol. The van der Waals surface area contributed by atoms with Crippen molar-refractivity contribution in [3.05, 3.63) is 16.5 Å². The van der Waals surface area contributed by atoms with Crippen LogP contribution < -0.4 is 4.72 Å². The quantitative estimate of drug-likeness (QED) is 0.780. The standard InChI is InChI=1S/C10H16ClNO2S2/c1-2-3-4-5-8-12-16(13,14)10-7-6-9(11)15-10/h6-7,12H,2-5,8H2,1H3. The summed E-state index contributed by atoms with van der Waals surface area (Å²) < 4.78 is 26.8. The third-order valence-corrected chi connectivity index (χ3v) is 5.32. The third-order valence-electron chi connectivity index (χ3n) is 2.14. The van der Waals surface area contributed by atoms with Crippen LogP contribution in [0.3, 0.4) is 0 Å². The SMILES string of the molecule is CCCCCCNS(=O)(=O)c1ccc(Cl)s1. The summed E-state index contributed by atoms with van der Waals surface area (Å²) in [4.78, 5) is 0. The van der Waals surface area contributed by atoms with Crippen molar-refractivity contribution in [3.8, 4) is 0 Å². The zero-order valence-electron chi connectivity index (χ0n) is 9.20. The summed E-state index contributed by atoms with van der Waals surface area (Å²) in [6.07, 6.45) is 4.23. The number of halogens is 1. The number of hydrogen-bond acceptors (Lipinski definition) is 3. The zero-order chi connectivity index (χ0) is 12.0. The molecule has 1 N–H and O–H groups in total. The first-order valence-corrected chi connectivity index (χ1v) is 7.99. The van der Waals surface area contributed by atoms with Gasteiger partial charge in [0.15, 0.2) is 0 Å². The van der Waals surface area contributed by atoms with Crippen molar-refractivity contribution < 1.29 is 8.42 Å². The van der Waals surface area contributed by atoms with Gasteiger partial charge in [-0.05, 0) is 18.6 Å². The Kier molecular flexibility index (Phi) is 5.75. The molecule has 0 saturated carbocycles. The molecule has 1 rings (SSSR count). The van der Waals surface area contributed by atoms with Crippen LogP contribution in [0.4, 0.5) is 0 Å². The van der Waals surface area contributed by atoms with E-state index in [1.54, 1.807) is 6.07 Å². The average Bonchev–Trinajstić information content (AvgIpc) is 2.65. The molecule has 0 fully saturated rings. The Bertz CT molecular complexity index is 414. The molecule has 1 aromatic rings. The van der Waals surface area contributed by atoms with Gasteiger partial charge in [-0.2, -0.15) is 0 Å². The van der Waals surface area contributed by atoms with Crippen LogP contribution in [0.25, 0.3) is 0 Å². The second-order valence-electron chi connectivity index (χ2n) is 3.52. The lowest BCUT2D eigenvalue weighted by atomic mass is 10.2. The van der Waals surface area contributed by atoms with Crippen molar-refractivity contribution in [2.24, 2.45) is 0 Å². The van der Waals surface area contributed by atoms with E-state index in [0.717, 1.165) is 37.0 Å². The van der Waals surface area contributed by atoms with Gasteiger partial charge in [-0.25, -0.2) is 13.1 Å². The highest BCUT2D eigenvalue weighted by molar-refractivity contribution is 7.91. The molecule has 0 aliphatic carbocycles. The monoisotopic (exact) mass is 281 g/mol. The summed E-state index contributed by atoms with van der Waals surface area (Å²) in [6, 6.07) is 3.12. The first-order chi connectivity index (χ1) is 7.56. The fourth-order valence-corrected chi connectivity index (χ4v) is 3.87. The minimum Gasteiger partial charge on any atom is -0.210 e. The fourth-order valence-electron chi connectivity index (χ4n) is 1.27. The molecule has 3 nitrogen and oxygen atoms in total. The van der Waals surface area contributed by atoms with Crippen molar-refractivity contribution in [1.82, 2.24) is 4.72 Å². The Balaban J connectivity index is 2.41. The van der Waals surface area contributed by atoms with Crippen molar-refractivity contribution in [1.29, 1.82) is 0 Å². The van der Waals surface area contributed by atoms with Crippen LogP contribution in [0.15, 0.2) is 16.3 Å². The van der Waals surface area contributed by atoms with Crippen LogP contribution in [-0.4, -0.2) is 15.0 Å². The van der Waals surface area contributed by atoms with Crippen molar-refractivity contribution in [2.45, 2.75) is 36.8 Å². The molecule has 1 aromatic heterocycles. The molecule has 0 spiro atoms. The normalized spacial score (nSPS) is 11.9. The molecule has 1 heterocycles. The highest BCUT2D eigenvalue weighted by Gasteiger charge is 2.15. The molecule has 0 atom stereocenters. The number of rotatable bonds is 7. The molecule has 92 valence electrons. The van der Waals surface area contributed by atoms with E-state index in [2.05, 4.69) is 11.6 Å². The lowest BCUT2D eigenvalue weighted by Crippen LogP contribution is -2.23. The molecule has 0 unspecified atom stereocenters. The zero-order valence-corrected chi connectivity index (χ0v) is 11.6. The van der Waals surface area contributed by atoms with Crippen LogP contribution in [0.1, 0.15) is 32.6 Å². The van der Waals surface area contributed by atoms with Crippen LogP contribution in [0, 0.1) is 0 Å². The minimum absolute atomic E-state index is 0.285. The van der Waals surface area contributed by atoms with Gasteiger partial charge in [-0.3, -0.25) is 0 Å². The first kappa shape index (κ1) is 14.0. The predicted molar refractivity (Wildman–Crippen MR) is 68.7 cm³/mol. The van der Waals surface area contributed by atoms with Crippen molar-refractivity contribution in [2.75, 3.05) is 6.54 Å². The molecule has 0 amide bonds. The summed E-state index contributed by atoms with van der Waals surface area (Å²) in [7, 11) is -3.34. The molecule has 6 heteroatoms. The summed E-state index contributed by atoms with van der Waals surface area (Å²) in [5.74, 6) is 0. The largest absolute Gasteiger partial charge is 0.250 e. The Morgan fingerprint density at radius 3 is 2.62 bits per heavy atom. The summed E-state index contributed by atoms with van der Waals surface area (Å²) in [5, 5.41) is 0. The molecular formula is C10H16ClNO2S2. The van der Waals surface area contributed by atoms with Gasteiger partial charge in [-0.1, -0.05) is 37.8 Å². The highest BCUT2D eigenvalue weighted by Crippen LogP contribution is 2.25. The van der Waals surface area contributed by atoms with Gasteiger partial charge in [0.25, 0.3) is 0 Å². The molecule has 0 saturated heterocycles. The van der Waals surface area contributed by atoms with Gasteiger partial charge in [0.1, 0.15) is 4.21 Å². The third kappa shape index (κ3) is 4.41. The lowest BCUT2D eigenvalue weighted by Gasteiger charge is -2.03. The van der Waals surface area contributed by atoms with Crippen LogP contribution in [-0.2, 0) is 10.0 Å². The second kappa shape index (κ2) is 6.59. The number of thiophene rings is 1. The number of sulfonamides is 1. The predicted octanol–water partition coefficient (Wildman–Crippen LogP) is 3.26. The molecule has 0 aromatic carbocycles. The van der Waals surface area contributed by atoms with Crippen molar-refractivity contribution in [3.63, 3.8) is 0 Å². The van der Waals surface area contributed by atoms with Crippen molar-refractivity contribution >= 4 is 33.0 Å².